The molecule has 98 valence electrons. The van der Waals surface area contributed by atoms with E-state index < -0.39 is 5.97 Å². The third-order valence-corrected chi connectivity index (χ3v) is 3.13. The summed E-state index contributed by atoms with van der Waals surface area (Å²) in [7, 11) is 0. The lowest BCUT2D eigenvalue weighted by Gasteiger charge is -2.02. The first-order valence-corrected chi connectivity index (χ1v) is 5.97. The lowest BCUT2D eigenvalue weighted by Crippen LogP contribution is -1.97. The zero-order valence-electron chi connectivity index (χ0n) is 10.4. The lowest BCUT2D eigenvalue weighted by atomic mass is 10.2. The van der Waals surface area contributed by atoms with Gasteiger partial charge in [0, 0.05) is 11.7 Å². The number of carbonyl (C=O) groups is 1. The van der Waals surface area contributed by atoms with E-state index in [1.807, 2.05) is 22.9 Å². The molecule has 2 heterocycles. The van der Waals surface area contributed by atoms with Crippen LogP contribution in [0.25, 0.3) is 10.9 Å². The van der Waals surface area contributed by atoms with Crippen molar-refractivity contribution in [2.75, 3.05) is 0 Å². The first kappa shape index (κ1) is 12.1. The van der Waals surface area contributed by atoms with Crippen molar-refractivity contribution in [2.24, 2.45) is 0 Å². The number of carboxylic acids is 1. The van der Waals surface area contributed by atoms with Gasteiger partial charge in [-0.25, -0.2) is 4.79 Å². The van der Waals surface area contributed by atoms with Crippen molar-refractivity contribution in [2.45, 2.75) is 6.54 Å². The second-order valence-corrected chi connectivity index (χ2v) is 4.44. The molecule has 0 unspecified atom stereocenters. The standard InChI is InChI=1S/C15H10N2O3/c16-7-10-1-2-11-3-4-17(14(11)5-10)8-13-6-12(9-20-13)15(18)19/h1-6,9H,8H2,(H,18,19). The molecule has 2 aromatic heterocycles. The minimum atomic E-state index is -1.01. The number of benzene rings is 1. The molecule has 0 saturated carbocycles. The smallest absolute Gasteiger partial charge is 0.338 e. The van der Waals surface area contributed by atoms with Gasteiger partial charge >= 0.3 is 5.97 Å². The molecule has 0 saturated heterocycles. The van der Waals surface area contributed by atoms with Gasteiger partial charge in [-0.3, -0.25) is 0 Å². The minimum absolute atomic E-state index is 0.133. The summed E-state index contributed by atoms with van der Waals surface area (Å²) in [5.74, 6) is -0.452. The third kappa shape index (κ3) is 2.04. The van der Waals surface area contributed by atoms with E-state index in [0.717, 1.165) is 10.9 Å². The van der Waals surface area contributed by atoms with Crippen molar-refractivity contribution >= 4 is 16.9 Å². The van der Waals surface area contributed by atoms with Crippen molar-refractivity contribution in [3.63, 3.8) is 0 Å². The van der Waals surface area contributed by atoms with Crippen molar-refractivity contribution in [3.8, 4) is 6.07 Å². The maximum Gasteiger partial charge on any atom is 0.338 e. The number of nitrogens with zero attached hydrogens (tertiary/aromatic N) is 2. The molecule has 20 heavy (non-hydrogen) atoms. The molecule has 0 atom stereocenters. The Morgan fingerprint density at radius 3 is 2.90 bits per heavy atom. The molecule has 0 spiro atoms. The van der Waals surface area contributed by atoms with Gasteiger partial charge in [0.05, 0.1) is 23.7 Å². The summed E-state index contributed by atoms with van der Waals surface area (Å²) in [6, 6.07) is 11.0. The van der Waals surface area contributed by atoms with Gasteiger partial charge in [0.1, 0.15) is 12.0 Å². The average Bonchev–Trinajstić information content (AvgIpc) is 3.06. The van der Waals surface area contributed by atoms with Gasteiger partial charge in [-0.1, -0.05) is 6.07 Å². The summed E-state index contributed by atoms with van der Waals surface area (Å²) in [4.78, 5) is 10.8. The molecule has 5 nitrogen and oxygen atoms in total. The Kier molecular flexibility index (Phi) is 2.77. The quantitative estimate of drug-likeness (QED) is 0.790. The second-order valence-electron chi connectivity index (χ2n) is 4.44. The average molecular weight is 266 g/mol. The molecule has 1 aromatic carbocycles. The summed E-state index contributed by atoms with van der Waals surface area (Å²) in [5.41, 5.74) is 1.63. The number of rotatable bonds is 3. The molecule has 0 radical (unpaired) electrons. The van der Waals surface area contributed by atoms with Crippen LogP contribution in [0.2, 0.25) is 0 Å². The summed E-state index contributed by atoms with van der Waals surface area (Å²) >= 11 is 0. The van der Waals surface area contributed by atoms with E-state index in [1.54, 1.807) is 12.1 Å². The van der Waals surface area contributed by atoms with Gasteiger partial charge in [0.2, 0.25) is 0 Å². The topological polar surface area (TPSA) is 79.2 Å². The number of carboxylic acid groups (broad SMARTS) is 1. The first-order valence-electron chi connectivity index (χ1n) is 5.97. The predicted octanol–water partition coefficient (Wildman–Crippen LogP) is 2.85. The number of fused-ring (bicyclic) bond motifs is 1. The Morgan fingerprint density at radius 2 is 2.20 bits per heavy atom. The highest BCUT2D eigenvalue weighted by molar-refractivity contribution is 5.87. The number of nitriles is 1. The number of aromatic carboxylic acids is 1. The van der Waals surface area contributed by atoms with Crippen LogP contribution in [0.1, 0.15) is 21.7 Å². The Balaban J connectivity index is 1.97. The Morgan fingerprint density at radius 1 is 1.35 bits per heavy atom. The van der Waals surface area contributed by atoms with Crippen LogP contribution < -0.4 is 0 Å². The number of hydrogen-bond acceptors (Lipinski definition) is 3. The molecule has 1 N–H and O–H groups in total. The van der Waals surface area contributed by atoms with Crippen molar-refractivity contribution < 1.29 is 14.3 Å². The molecule has 0 aliphatic heterocycles. The van der Waals surface area contributed by atoms with Crippen LogP contribution in [0, 0.1) is 11.3 Å². The van der Waals surface area contributed by atoms with Gasteiger partial charge < -0.3 is 14.1 Å². The highest BCUT2D eigenvalue weighted by Crippen LogP contribution is 2.19. The second kappa shape index (κ2) is 4.59. The molecular weight excluding hydrogens is 256 g/mol. The maximum atomic E-state index is 10.8. The van der Waals surface area contributed by atoms with Crippen LogP contribution in [0.5, 0.6) is 0 Å². The Hall–Kier alpha value is -3.00. The van der Waals surface area contributed by atoms with Crippen LogP contribution in [0.4, 0.5) is 0 Å². The molecule has 0 fully saturated rings. The minimum Gasteiger partial charge on any atom is -0.478 e. The lowest BCUT2D eigenvalue weighted by molar-refractivity contribution is 0.0696. The van der Waals surface area contributed by atoms with Gasteiger partial charge in [0.25, 0.3) is 0 Å². The zero-order valence-corrected chi connectivity index (χ0v) is 10.4. The number of hydrogen-bond donors (Lipinski definition) is 1. The molecule has 0 aliphatic rings. The molecule has 0 amide bonds. The van der Waals surface area contributed by atoms with Crippen LogP contribution in [0.15, 0.2) is 47.2 Å². The van der Waals surface area contributed by atoms with E-state index in [-0.39, 0.29) is 5.56 Å². The Labute approximate surface area is 114 Å². The predicted molar refractivity (Wildman–Crippen MR) is 71.4 cm³/mol. The summed E-state index contributed by atoms with van der Waals surface area (Å²) in [5, 5.41) is 18.8. The monoisotopic (exact) mass is 266 g/mol. The van der Waals surface area contributed by atoms with Gasteiger partial charge in [-0.15, -0.1) is 0 Å². The van der Waals surface area contributed by atoms with E-state index in [9.17, 15) is 4.79 Å². The highest BCUT2D eigenvalue weighted by Gasteiger charge is 2.10. The highest BCUT2D eigenvalue weighted by atomic mass is 16.4. The SMILES string of the molecule is N#Cc1ccc2ccn(Cc3cc(C(=O)O)co3)c2c1. The zero-order chi connectivity index (χ0) is 14.1. The summed E-state index contributed by atoms with van der Waals surface area (Å²) in [6.45, 7) is 0.422. The van der Waals surface area contributed by atoms with E-state index in [1.165, 1.54) is 12.3 Å². The molecule has 0 aliphatic carbocycles. The largest absolute Gasteiger partial charge is 0.478 e. The van der Waals surface area contributed by atoms with Crippen LogP contribution in [-0.4, -0.2) is 15.6 Å². The number of furan rings is 1. The summed E-state index contributed by atoms with van der Waals surface area (Å²) in [6.07, 6.45) is 3.11. The van der Waals surface area contributed by atoms with E-state index in [2.05, 4.69) is 6.07 Å². The fraction of sp³-hybridized carbons (Fsp3) is 0.0667. The van der Waals surface area contributed by atoms with Gasteiger partial charge in [-0.2, -0.15) is 5.26 Å². The third-order valence-electron chi connectivity index (χ3n) is 3.13. The molecule has 3 rings (SSSR count). The molecule has 3 aromatic rings. The van der Waals surface area contributed by atoms with E-state index in [0.29, 0.717) is 17.9 Å². The van der Waals surface area contributed by atoms with Crippen LogP contribution in [0.3, 0.4) is 0 Å². The van der Waals surface area contributed by atoms with Crippen LogP contribution >= 0.6 is 0 Å². The van der Waals surface area contributed by atoms with Crippen molar-refractivity contribution in [3.05, 3.63) is 59.7 Å². The van der Waals surface area contributed by atoms with E-state index >= 15 is 0 Å². The molecule has 5 heteroatoms. The van der Waals surface area contributed by atoms with Gasteiger partial charge in [-0.05, 0) is 29.7 Å². The van der Waals surface area contributed by atoms with Crippen molar-refractivity contribution in [1.29, 1.82) is 5.26 Å². The molecular formula is C15H10N2O3. The first-order chi connectivity index (χ1) is 9.67. The van der Waals surface area contributed by atoms with Gasteiger partial charge in [0.15, 0.2) is 0 Å². The fourth-order valence-corrected chi connectivity index (χ4v) is 2.13. The Bertz CT molecular complexity index is 836. The van der Waals surface area contributed by atoms with Crippen molar-refractivity contribution in [1.82, 2.24) is 4.57 Å². The van der Waals surface area contributed by atoms with Crippen LogP contribution in [-0.2, 0) is 6.54 Å². The fourth-order valence-electron chi connectivity index (χ4n) is 2.13. The number of aromatic nitrogens is 1. The summed E-state index contributed by atoms with van der Waals surface area (Å²) < 4.78 is 7.16. The van der Waals surface area contributed by atoms with E-state index in [4.69, 9.17) is 14.8 Å². The molecule has 0 bridgehead atoms. The normalized spacial score (nSPS) is 10.6. The maximum absolute atomic E-state index is 10.8.